The van der Waals surface area contributed by atoms with Gasteiger partial charge in [-0.15, -0.1) is 0 Å². The van der Waals surface area contributed by atoms with Crippen molar-refractivity contribution in [1.29, 1.82) is 0 Å². The highest BCUT2D eigenvalue weighted by molar-refractivity contribution is 6.31. The quantitative estimate of drug-likeness (QED) is 0.723. The summed E-state index contributed by atoms with van der Waals surface area (Å²) in [6.07, 6.45) is 1.25. The Kier molecular flexibility index (Phi) is 4.06. The van der Waals surface area contributed by atoms with E-state index in [9.17, 15) is 9.59 Å². The fourth-order valence-electron chi connectivity index (χ4n) is 1.90. The van der Waals surface area contributed by atoms with Gasteiger partial charge in [-0.05, 0) is 7.05 Å². The molecule has 104 valence electrons. The largest absolute Gasteiger partial charge is 0.392 e. The second-order valence-electron chi connectivity index (χ2n) is 4.57. The number of carbonyl (C=O) groups is 1. The van der Waals surface area contributed by atoms with E-state index in [0.29, 0.717) is 13.1 Å². The normalized spacial score (nSPS) is 16.6. The molecule has 1 amide bonds. The number of anilines is 1. The predicted molar refractivity (Wildman–Crippen MR) is 72.0 cm³/mol. The maximum atomic E-state index is 12.1. The molecule has 0 saturated carbocycles. The van der Waals surface area contributed by atoms with Gasteiger partial charge in [-0.2, -0.15) is 0 Å². The molecule has 0 aromatic carbocycles. The van der Waals surface area contributed by atoms with Crippen LogP contribution in [0, 0.1) is 0 Å². The third-order valence-corrected chi connectivity index (χ3v) is 3.49. The van der Waals surface area contributed by atoms with E-state index in [1.165, 1.54) is 10.9 Å². The van der Waals surface area contributed by atoms with Crippen LogP contribution < -0.4 is 11.3 Å². The van der Waals surface area contributed by atoms with Crippen LogP contribution in [0.2, 0.25) is 5.15 Å². The van der Waals surface area contributed by atoms with Crippen molar-refractivity contribution >= 4 is 23.2 Å². The number of nitrogens with zero attached hydrogens (tertiary/aromatic N) is 4. The Hall–Kier alpha value is -1.60. The van der Waals surface area contributed by atoms with E-state index in [2.05, 4.69) is 9.88 Å². The molecule has 1 aromatic heterocycles. The van der Waals surface area contributed by atoms with Gasteiger partial charge >= 0.3 is 0 Å². The molecule has 2 heterocycles. The van der Waals surface area contributed by atoms with E-state index < -0.39 is 5.56 Å². The second-order valence-corrected chi connectivity index (χ2v) is 4.92. The van der Waals surface area contributed by atoms with Gasteiger partial charge in [0.25, 0.3) is 5.56 Å². The Labute approximate surface area is 115 Å². The molecule has 0 radical (unpaired) electrons. The van der Waals surface area contributed by atoms with Gasteiger partial charge in [0.15, 0.2) is 5.15 Å². The van der Waals surface area contributed by atoms with Crippen LogP contribution in [-0.2, 0) is 11.3 Å². The molecular formula is C11H16ClN5O2. The minimum atomic E-state index is -0.484. The first-order valence-corrected chi connectivity index (χ1v) is 6.33. The molecule has 0 unspecified atom stereocenters. The van der Waals surface area contributed by atoms with Crippen LogP contribution >= 0.6 is 11.6 Å². The summed E-state index contributed by atoms with van der Waals surface area (Å²) in [5, 5.41) is -0.0340. The Morgan fingerprint density at radius 2 is 2.05 bits per heavy atom. The van der Waals surface area contributed by atoms with Gasteiger partial charge in [0.1, 0.15) is 12.2 Å². The molecule has 0 atom stereocenters. The molecule has 7 nitrogen and oxygen atoms in total. The SMILES string of the molecule is CN1CCN(C(=O)Cn2cnc(Cl)c(N)c2=O)CC1. The van der Waals surface area contributed by atoms with E-state index in [4.69, 9.17) is 17.3 Å². The fraction of sp³-hybridized carbons (Fsp3) is 0.545. The van der Waals surface area contributed by atoms with Crippen LogP contribution in [0.4, 0.5) is 5.69 Å². The summed E-state index contributed by atoms with van der Waals surface area (Å²) in [7, 11) is 2.01. The molecule has 2 rings (SSSR count). The Bertz CT molecular complexity index is 536. The summed E-state index contributed by atoms with van der Waals surface area (Å²) in [4.78, 5) is 31.5. The highest BCUT2D eigenvalue weighted by Crippen LogP contribution is 2.08. The van der Waals surface area contributed by atoms with Crippen LogP contribution in [-0.4, -0.2) is 58.5 Å². The number of halogens is 1. The van der Waals surface area contributed by atoms with Gasteiger partial charge in [-0.1, -0.05) is 11.6 Å². The molecule has 0 aliphatic carbocycles. The molecule has 1 saturated heterocycles. The zero-order valence-electron chi connectivity index (χ0n) is 10.7. The lowest BCUT2D eigenvalue weighted by molar-refractivity contribution is -0.133. The van der Waals surface area contributed by atoms with Crippen LogP contribution in [0.3, 0.4) is 0 Å². The molecular weight excluding hydrogens is 270 g/mol. The number of nitrogen functional groups attached to an aromatic ring is 1. The number of hydrogen-bond donors (Lipinski definition) is 1. The molecule has 8 heteroatoms. The highest BCUT2D eigenvalue weighted by atomic mass is 35.5. The molecule has 1 aliphatic heterocycles. The summed E-state index contributed by atoms with van der Waals surface area (Å²) in [5.41, 5.74) is 4.88. The van der Waals surface area contributed by atoms with Gasteiger partial charge in [-0.25, -0.2) is 4.98 Å². The van der Waals surface area contributed by atoms with Crippen molar-refractivity contribution in [3.8, 4) is 0 Å². The van der Waals surface area contributed by atoms with Crippen molar-refractivity contribution in [3.63, 3.8) is 0 Å². The van der Waals surface area contributed by atoms with E-state index in [1.807, 2.05) is 7.05 Å². The Morgan fingerprint density at radius 1 is 1.42 bits per heavy atom. The molecule has 1 aromatic rings. The lowest BCUT2D eigenvalue weighted by Crippen LogP contribution is -2.48. The van der Waals surface area contributed by atoms with E-state index in [1.54, 1.807) is 4.90 Å². The van der Waals surface area contributed by atoms with Gasteiger partial charge in [-0.3, -0.25) is 14.2 Å². The second kappa shape index (κ2) is 5.58. The number of nitrogens with two attached hydrogens (primary N) is 1. The first-order valence-electron chi connectivity index (χ1n) is 5.96. The van der Waals surface area contributed by atoms with Gasteiger partial charge in [0, 0.05) is 26.2 Å². The minimum Gasteiger partial charge on any atom is -0.392 e. The highest BCUT2D eigenvalue weighted by Gasteiger charge is 2.20. The Balaban J connectivity index is 2.07. The average Bonchev–Trinajstić information content (AvgIpc) is 2.40. The van der Waals surface area contributed by atoms with Crippen molar-refractivity contribution in [2.24, 2.45) is 0 Å². The minimum absolute atomic E-state index is 0.0340. The lowest BCUT2D eigenvalue weighted by atomic mass is 10.3. The maximum absolute atomic E-state index is 12.1. The van der Waals surface area contributed by atoms with Gasteiger partial charge in [0.05, 0.1) is 6.33 Å². The number of aromatic nitrogens is 2. The number of amides is 1. The van der Waals surface area contributed by atoms with Crippen molar-refractivity contribution in [2.75, 3.05) is 39.0 Å². The number of likely N-dealkylation sites (N-methyl/N-ethyl adjacent to an activating group) is 1. The number of piperazine rings is 1. The maximum Gasteiger partial charge on any atom is 0.278 e. The first-order chi connectivity index (χ1) is 8.99. The summed E-state index contributed by atoms with van der Waals surface area (Å²) in [6.45, 7) is 2.95. The van der Waals surface area contributed by atoms with Crippen LogP contribution in [0.5, 0.6) is 0 Å². The van der Waals surface area contributed by atoms with Crippen molar-refractivity contribution < 1.29 is 4.79 Å². The fourth-order valence-corrected chi connectivity index (χ4v) is 2.02. The van der Waals surface area contributed by atoms with Gasteiger partial charge in [0.2, 0.25) is 5.91 Å². The molecule has 19 heavy (non-hydrogen) atoms. The molecule has 1 aliphatic rings. The standard InChI is InChI=1S/C11H16ClN5O2/c1-15-2-4-16(5-3-15)8(18)6-17-7-14-10(12)9(13)11(17)19/h7H,2-6,13H2,1H3. The zero-order chi connectivity index (χ0) is 14.0. The third-order valence-electron chi connectivity index (χ3n) is 3.19. The molecule has 2 N–H and O–H groups in total. The predicted octanol–water partition coefficient (Wildman–Crippen LogP) is -0.747. The average molecular weight is 286 g/mol. The van der Waals surface area contributed by atoms with Crippen molar-refractivity contribution in [1.82, 2.24) is 19.4 Å². The van der Waals surface area contributed by atoms with Crippen LogP contribution in [0.15, 0.2) is 11.1 Å². The number of rotatable bonds is 2. The zero-order valence-corrected chi connectivity index (χ0v) is 11.4. The lowest BCUT2D eigenvalue weighted by Gasteiger charge is -2.32. The number of carbonyl (C=O) groups excluding carboxylic acids is 1. The smallest absolute Gasteiger partial charge is 0.278 e. The summed E-state index contributed by atoms with van der Waals surface area (Å²) in [5.74, 6) is -0.112. The molecule has 1 fully saturated rings. The van der Waals surface area contributed by atoms with E-state index in [0.717, 1.165) is 13.1 Å². The molecule has 0 bridgehead atoms. The Morgan fingerprint density at radius 3 is 2.68 bits per heavy atom. The monoisotopic (exact) mass is 285 g/mol. The number of hydrogen-bond acceptors (Lipinski definition) is 5. The first kappa shape index (κ1) is 13.8. The summed E-state index contributed by atoms with van der Waals surface area (Å²) >= 11 is 5.64. The van der Waals surface area contributed by atoms with Gasteiger partial charge < -0.3 is 15.5 Å². The summed E-state index contributed by atoms with van der Waals surface area (Å²) < 4.78 is 1.18. The van der Waals surface area contributed by atoms with Crippen molar-refractivity contribution in [2.45, 2.75) is 6.54 Å². The van der Waals surface area contributed by atoms with E-state index >= 15 is 0 Å². The van der Waals surface area contributed by atoms with Crippen molar-refractivity contribution in [3.05, 3.63) is 21.8 Å². The van der Waals surface area contributed by atoms with Crippen LogP contribution in [0.25, 0.3) is 0 Å². The van der Waals surface area contributed by atoms with Crippen LogP contribution in [0.1, 0.15) is 0 Å². The third kappa shape index (κ3) is 3.05. The van der Waals surface area contributed by atoms with E-state index in [-0.39, 0.29) is 23.3 Å². The topological polar surface area (TPSA) is 84.5 Å². The summed E-state index contributed by atoms with van der Waals surface area (Å²) in [6, 6.07) is 0. The molecule has 0 spiro atoms.